The van der Waals surface area contributed by atoms with Crippen LogP contribution in [0.5, 0.6) is 0 Å². The van der Waals surface area contributed by atoms with Gasteiger partial charge in [-0.25, -0.2) is 9.78 Å². The van der Waals surface area contributed by atoms with Gasteiger partial charge in [0, 0.05) is 6.07 Å². The molecule has 1 aromatic heterocycles. The van der Waals surface area contributed by atoms with Crippen LogP contribution >= 0.6 is 0 Å². The third kappa shape index (κ3) is 2.89. The number of nitro groups is 1. The number of carbonyl (C=O) groups is 1. The van der Waals surface area contributed by atoms with Crippen LogP contribution in [-0.4, -0.2) is 15.9 Å². The lowest BCUT2D eigenvalue weighted by Crippen LogP contribution is -2.10. The first-order valence-electron chi connectivity index (χ1n) is 6.82. The van der Waals surface area contributed by atoms with E-state index in [1.165, 1.54) is 12.1 Å². The number of aryl methyl sites for hydroxylation is 1. The van der Waals surface area contributed by atoms with Crippen molar-refractivity contribution < 1.29 is 18.9 Å². The zero-order chi connectivity index (χ0) is 16.4. The second-order valence-corrected chi connectivity index (χ2v) is 4.88. The molecule has 0 radical (unpaired) electrons. The highest BCUT2D eigenvalue weighted by Gasteiger charge is 2.24. The highest BCUT2D eigenvalue weighted by Crippen LogP contribution is 2.23. The molecule has 0 aliphatic heterocycles. The van der Waals surface area contributed by atoms with Gasteiger partial charge in [-0.05, 0) is 24.6 Å². The summed E-state index contributed by atoms with van der Waals surface area (Å²) in [6.07, 6.45) is 0. The fraction of sp³-hybridized carbons (Fsp3) is 0.125. The number of hydrogen-bond acceptors (Lipinski definition) is 6. The van der Waals surface area contributed by atoms with E-state index in [9.17, 15) is 14.9 Å². The van der Waals surface area contributed by atoms with Gasteiger partial charge in [0.1, 0.15) is 11.1 Å². The molecular formula is C16H12N2O5. The molecule has 0 aliphatic rings. The summed E-state index contributed by atoms with van der Waals surface area (Å²) in [7, 11) is 0. The molecule has 116 valence electrons. The summed E-state index contributed by atoms with van der Waals surface area (Å²) < 4.78 is 10.6. The van der Waals surface area contributed by atoms with E-state index in [0.717, 1.165) is 0 Å². The zero-order valence-electron chi connectivity index (χ0n) is 12.2. The number of ether oxygens (including phenoxy) is 1. The van der Waals surface area contributed by atoms with E-state index in [0.29, 0.717) is 16.7 Å². The number of oxazole rings is 1. The maximum Gasteiger partial charge on any atom is 0.345 e. The molecule has 0 unspecified atom stereocenters. The number of nitro benzene ring substituents is 1. The van der Waals surface area contributed by atoms with Gasteiger partial charge in [0.2, 0.25) is 5.89 Å². The van der Waals surface area contributed by atoms with Gasteiger partial charge in [-0.1, -0.05) is 24.3 Å². The first-order chi connectivity index (χ1) is 11.1. The number of rotatable bonds is 4. The van der Waals surface area contributed by atoms with E-state index in [1.807, 2.05) is 6.07 Å². The largest absolute Gasteiger partial charge is 0.452 e. The Morgan fingerprint density at radius 1 is 1.26 bits per heavy atom. The van der Waals surface area contributed by atoms with Crippen molar-refractivity contribution >= 4 is 22.8 Å². The molecule has 0 atom stereocenters. The Bertz CT molecular complexity index is 867. The maximum atomic E-state index is 12.2. The summed E-state index contributed by atoms with van der Waals surface area (Å²) in [4.78, 5) is 26.8. The molecule has 0 spiro atoms. The van der Waals surface area contributed by atoms with Crippen LogP contribution < -0.4 is 0 Å². The number of esters is 1. The van der Waals surface area contributed by atoms with Gasteiger partial charge < -0.3 is 9.15 Å². The average Bonchev–Trinajstić information content (AvgIpc) is 2.95. The normalized spacial score (nSPS) is 10.7. The average molecular weight is 312 g/mol. The van der Waals surface area contributed by atoms with Gasteiger partial charge in [-0.2, -0.15) is 0 Å². The summed E-state index contributed by atoms with van der Waals surface area (Å²) in [5, 5.41) is 11.0. The lowest BCUT2D eigenvalue weighted by molar-refractivity contribution is -0.385. The van der Waals surface area contributed by atoms with Crippen molar-refractivity contribution in [2.24, 2.45) is 0 Å². The molecule has 0 N–H and O–H groups in total. The Hall–Kier alpha value is -3.22. The molecule has 1 heterocycles. The minimum Gasteiger partial charge on any atom is -0.452 e. The minimum absolute atomic E-state index is 0.0615. The van der Waals surface area contributed by atoms with E-state index >= 15 is 0 Å². The molecule has 0 saturated carbocycles. The van der Waals surface area contributed by atoms with Crippen molar-refractivity contribution in [2.45, 2.75) is 13.5 Å². The van der Waals surface area contributed by atoms with Crippen molar-refractivity contribution in [3.8, 4) is 0 Å². The quantitative estimate of drug-likeness (QED) is 0.416. The zero-order valence-corrected chi connectivity index (χ0v) is 12.2. The third-order valence-electron chi connectivity index (χ3n) is 3.32. The predicted octanol–water partition coefficient (Wildman–Crippen LogP) is 3.40. The molecule has 0 saturated heterocycles. The number of aromatic nitrogens is 1. The van der Waals surface area contributed by atoms with Crippen LogP contribution in [0.1, 0.15) is 21.8 Å². The third-order valence-corrected chi connectivity index (χ3v) is 3.32. The standard InChI is InChI=1S/C16H12N2O5/c1-10-5-4-7-12(18(20)21)15(10)16(19)22-9-14-17-11-6-2-3-8-13(11)23-14/h2-8H,9H2,1H3. The van der Waals surface area contributed by atoms with E-state index < -0.39 is 10.9 Å². The second kappa shape index (κ2) is 5.88. The molecule has 23 heavy (non-hydrogen) atoms. The van der Waals surface area contributed by atoms with Gasteiger partial charge in [0.05, 0.1) is 4.92 Å². The molecule has 0 fully saturated rings. The highest BCUT2D eigenvalue weighted by molar-refractivity contribution is 5.95. The molecule has 3 rings (SSSR count). The summed E-state index contributed by atoms with van der Waals surface area (Å²) in [5.74, 6) is -0.548. The number of para-hydroxylation sites is 2. The Balaban J connectivity index is 1.81. The number of benzene rings is 2. The first-order valence-corrected chi connectivity index (χ1v) is 6.82. The van der Waals surface area contributed by atoms with Gasteiger partial charge in [0.15, 0.2) is 12.2 Å². The van der Waals surface area contributed by atoms with Gasteiger partial charge in [0.25, 0.3) is 5.69 Å². The van der Waals surface area contributed by atoms with Gasteiger partial charge >= 0.3 is 5.97 Å². The Kier molecular flexibility index (Phi) is 3.76. The van der Waals surface area contributed by atoms with Crippen LogP contribution in [0, 0.1) is 17.0 Å². The monoisotopic (exact) mass is 312 g/mol. The number of fused-ring (bicyclic) bond motifs is 1. The lowest BCUT2D eigenvalue weighted by Gasteiger charge is -2.06. The van der Waals surface area contributed by atoms with Crippen LogP contribution in [0.4, 0.5) is 5.69 Å². The first kappa shape index (κ1) is 14.7. The van der Waals surface area contributed by atoms with Crippen molar-refractivity contribution in [3.05, 3.63) is 69.6 Å². The van der Waals surface area contributed by atoms with Crippen molar-refractivity contribution in [3.63, 3.8) is 0 Å². The van der Waals surface area contributed by atoms with Crippen molar-refractivity contribution in [2.75, 3.05) is 0 Å². The fourth-order valence-corrected chi connectivity index (χ4v) is 2.25. The van der Waals surface area contributed by atoms with E-state index in [1.54, 1.807) is 31.2 Å². The summed E-state index contributed by atoms with van der Waals surface area (Å²) in [6.45, 7) is 1.42. The van der Waals surface area contributed by atoms with Crippen molar-refractivity contribution in [1.82, 2.24) is 4.98 Å². The maximum absolute atomic E-state index is 12.2. The van der Waals surface area contributed by atoms with E-state index in [4.69, 9.17) is 9.15 Å². The molecule has 0 amide bonds. The van der Waals surface area contributed by atoms with Gasteiger partial charge in [-0.15, -0.1) is 0 Å². The van der Waals surface area contributed by atoms with Crippen LogP contribution in [-0.2, 0) is 11.3 Å². The van der Waals surface area contributed by atoms with Crippen LogP contribution in [0.15, 0.2) is 46.9 Å². The van der Waals surface area contributed by atoms with Crippen LogP contribution in [0.25, 0.3) is 11.1 Å². The van der Waals surface area contributed by atoms with Crippen LogP contribution in [0.2, 0.25) is 0 Å². The smallest absolute Gasteiger partial charge is 0.345 e. The molecule has 2 aromatic carbocycles. The number of nitrogens with zero attached hydrogens (tertiary/aromatic N) is 2. The summed E-state index contributed by atoms with van der Waals surface area (Å²) >= 11 is 0. The molecule has 3 aromatic rings. The Labute approximate surface area is 130 Å². The number of carbonyl (C=O) groups excluding carboxylic acids is 1. The SMILES string of the molecule is Cc1cccc([N+](=O)[O-])c1C(=O)OCc1nc2ccccc2o1. The summed E-state index contributed by atoms with van der Waals surface area (Å²) in [5.41, 5.74) is 1.36. The van der Waals surface area contributed by atoms with Crippen molar-refractivity contribution in [1.29, 1.82) is 0 Å². The molecule has 0 aliphatic carbocycles. The Morgan fingerprint density at radius 3 is 2.78 bits per heavy atom. The predicted molar refractivity (Wildman–Crippen MR) is 81.0 cm³/mol. The topological polar surface area (TPSA) is 95.5 Å². The Morgan fingerprint density at radius 2 is 2.04 bits per heavy atom. The van der Waals surface area contributed by atoms with Gasteiger partial charge in [-0.3, -0.25) is 10.1 Å². The molecule has 7 heteroatoms. The second-order valence-electron chi connectivity index (χ2n) is 4.88. The summed E-state index contributed by atoms with van der Waals surface area (Å²) in [6, 6.07) is 11.5. The number of hydrogen-bond donors (Lipinski definition) is 0. The van der Waals surface area contributed by atoms with E-state index in [-0.39, 0.29) is 23.7 Å². The van der Waals surface area contributed by atoms with Crippen LogP contribution in [0.3, 0.4) is 0 Å². The fourth-order valence-electron chi connectivity index (χ4n) is 2.25. The minimum atomic E-state index is -0.781. The molecule has 7 nitrogen and oxygen atoms in total. The molecular weight excluding hydrogens is 300 g/mol. The highest BCUT2D eigenvalue weighted by atomic mass is 16.6. The van der Waals surface area contributed by atoms with E-state index in [2.05, 4.69) is 4.98 Å². The lowest BCUT2D eigenvalue weighted by atomic mass is 10.1. The molecule has 0 bridgehead atoms.